The molecule has 3 rings (SSSR count). The zero-order chi connectivity index (χ0) is 20.5. The van der Waals surface area contributed by atoms with Crippen molar-refractivity contribution in [3.05, 3.63) is 82.4 Å². The normalized spacial score (nSPS) is 11.4. The van der Waals surface area contributed by atoms with Crippen molar-refractivity contribution in [1.29, 1.82) is 0 Å². The van der Waals surface area contributed by atoms with Crippen LogP contribution in [0.5, 0.6) is 5.75 Å². The number of rotatable bonds is 5. The Labute approximate surface area is 168 Å². The number of aromatic hydroxyl groups is 1. The van der Waals surface area contributed by atoms with E-state index in [2.05, 4.69) is 74.7 Å². The first kappa shape index (κ1) is 19.8. The summed E-state index contributed by atoms with van der Waals surface area (Å²) in [5, 5.41) is 17.5. The van der Waals surface area contributed by atoms with Gasteiger partial charge in [-0.25, -0.2) is 0 Å². The van der Waals surface area contributed by atoms with Crippen LogP contribution in [0.1, 0.15) is 41.7 Å². The maximum Gasteiger partial charge on any atom is 0.121 e. The molecule has 146 valence electrons. The molecule has 0 aromatic heterocycles. The minimum atomic E-state index is -0.272. The highest BCUT2D eigenvalue weighted by molar-refractivity contribution is 5.64. The molecule has 0 fully saturated rings. The third-order valence-electron chi connectivity index (χ3n) is 5.61. The van der Waals surface area contributed by atoms with Crippen molar-refractivity contribution in [2.75, 3.05) is 10.6 Å². The molecule has 0 aliphatic carbocycles. The van der Waals surface area contributed by atoms with Gasteiger partial charge in [0.2, 0.25) is 0 Å². The standard InChI is InChI=1S/C25H30N2O/c1-16-18(3)24(28)19(4)17(2)23(16)25(5,6)27-22-14-12-21(13-15-22)26-20-10-8-7-9-11-20/h7-15,26-28H,1-6H3. The Balaban J connectivity index is 1.85. The summed E-state index contributed by atoms with van der Waals surface area (Å²) >= 11 is 0. The zero-order valence-corrected chi connectivity index (χ0v) is 17.6. The molecule has 3 heteroatoms. The second-order valence-corrected chi connectivity index (χ2v) is 8.04. The molecule has 0 radical (unpaired) electrons. The third-order valence-corrected chi connectivity index (χ3v) is 5.61. The van der Waals surface area contributed by atoms with Crippen LogP contribution in [0.4, 0.5) is 17.1 Å². The number of hydrogen-bond donors (Lipinski definition) is 3. The number of phenols is 1. The van der Waals surface area contributed by atoms with Crippen molar-refractivity contribution in [2.45, 2.75) is 47.1 Å². The van der Waals surface area contributed by atoms with Crippen molar-refractivity contribution in [1.82, 2.24) is 0 Å². The minimum absolute atomic E-state index is 0.272. The Morgan fingerprint density at radius 1 is 0.643 bits per heavy atom. The Morgan fingerprint density at radius 2 is 1.11 bits per heavy atom. The molecule has 0 spiro atoms. The summed E-state index contributed by atoms with van der Waals surface area (Å²) in [6, 6.07) is 18.5. The molecule has 0 unspecified atom stereocenters. The highest BCUT2D eigenvalue weighted by atomic mass is 16.3. The van der Waals surface area contributed by atoms with Gasteiger partial charge < -0.3 is 15.7 Å². The lowest BCUT2D eigenvalue weighted by molar-refractivity contribution is 0.463. The summed E-state index contributed by atoms with van der Waals surface area (Å²) in [5.74, 6) is 0.408. The number of nitrogens with one attached hydrogen (secondary N) is 2. The van der Waals surface area contributed by atoms with E-state index in [0.29, 0.717) is 5.75 Å². The van der Waals surface area contributed by atoms with Gasteiger partial charge >= 0.3 is 0 Å². The number of anilines is 3. The van der Waals surface area contributed by atoms with E-state index < -0.39 is 0 Å². The van der Waals surface area contributed by atoms with Gasteiger partial charge in [-0.15, -0.1) is 0 Å². The molecule has 3 aromatic carbocycles. The van der Waals surface area contributed by atoms with Crippen LogP contribution in [0.2, 0.25) is 0 Å². The van der Waals surface area contributed by atoms with Gasteiger partial charge in [0.1, 0.15) is 5.75 Å². The smallest absolute Gasteiger partial charge is 0.121 e. The molecular formula is C25H30N2O. The Bertz CT molecular complexity index is 945. The van der Waals surface area contributed by atoms with E-state index in [0.717, 1.165) is 39.3 Å². The second-order valence-electron chi connectivity index (χ2n) is 8.04. The first-order valence-corrected chi connectivity index (χ1v) is 9.71. The number of para-hydroxylation sites is 1. The Hall–Kier alpha value is -2.94. The number of hydrogen-bond acceptors (Lipinski definition) is 3. The van der Waals surface area contributed by atoms with Crippen molar-refractivity contribution in [2.24, 2.45) is 0 Å². The summed E-state index contributed by atoms with van der Waals surface area (Å²) < 4.78 is 0. The third kappa shape index (κ3) is 3.84. The predicted octanol–water partition coefficient (Wildman–Crippen LogP) is 6.72. The lowest BCUT2D eigenvalue weighted by atomic mass is 9.82. The maximum absolute atomic E-state index is 10.4. The summed E-state index contributed by atoms with van der Waals surface area (Å²) in [6.45, 7) is 12.5. The quantitative estimate of drug-likeness (QED) is 0.464. The van der Waals surface area contributed by atoms with E-state index in [1.807, 2.05) is 32.0 Å². The largest absolute Gasteiger partial charge is 0.507 e. The van der Waals surface area contributed by atoms with Crippen molar-refractivity contribution < 1.29 is 5.11 Å². The zero-order valence-electron chi connectivity index (χ0n) is 17.6. The fourth-order valence-corrected chi connectivity index (χ4v) is 3.98. The first-order chi connectivity index (χ1) is 13.2. The summed E-state index contributed by atoms with van der Waals surface area (Å²) in [7, 11) is 0. The van der Waals surface area contributed by atoms with Gasteiger partial charge in [0, 0.05) is 17.1 Å². The van der Waals surface area contributed by atoms with E-state index in [1.54, 1.807) is 0 Å². The van der Waals surface area contributed by atoms with Crippen LogP contribution in [0.3, 0.4) is 0 Å². The summed E-state index contributed by atoms with van der Waals surface area (Å²) in [5.41, 5.74) is 8.35. The van der Waals surface area contributed by atoms with Crippen LogP contribution in [-0.2, 0) is 5.54 Å². The van der Waals surface area contributed by atoms with Crippen molar-refractivity contribution >= 4 is 17.1 Å². The van der Waals surface area contributed by atoms with Gasteiger partial charge in [-0.05, 0) is 106 Å². The van der Waals surface area contributed by atoms with Crippen LogP contribution in [-0.4, -0.2) is 5.11 Å². The van der Waals surface area contributed by atoms with E-state index in [1.165, 1.54) is 5.56 Å². The molecule has 0 atom stereocenters. The number of phenolic OH excluding ortho intramolecular Hbond substituents is 1. The van der Waals surface area contributed by atoms with Crippen LogP contribution < -0.4 is 10.6 Å². The van der Waals surface area contributed by atoms with Crippen LogP contribution in [0.15, 0.2) is 54.6 Å². The molecule has 0 saturated carbocycles. The maximum atomic E-state index is 10.4. The van der Waals surface area contributed by atoms with Gasteiger partial charge in [0.25, 0.3) is 0 Å². The van der Waals surface area contributed by atoms with E-state index in [9.17, 15) is 5.11 Å². The molecule has 0 amide bonds. The van der Waals surface area contributed by atoms with E-state index in [4.69, 9.17) is 0 Å². The topological polar surface area (TPSA) is 44.3 Å². The summed E-state index contributed by atoms with van der Waals surface area (Å²) in [4.78, 5) is 0. The molecule has 3 N–H and O–H groups in total. The average molecular weight is 375 g/mol. The van der Waals surface area contributed by atoms with Crippen LogP contribution in [0, 0.1) is 27.7 Å². The summed E-state index contributed by atoms with van der Waals surface area (Å²) in [6.07, 6.45) is 0. The molecule has 0 saturated heterocycles. The highest BCUT2D eigenvalue weighted by Crippen LogP contribution is 2.38. The Morgan fingerprint density at radius 3 is 1.64 bits per heavy atom. The SMILES string of the molecule is Cc1c(C)c(C(C)(C)Nc2ccc(Nc3ccccc3)cc2)c(C)c(C)c1O. The molecule has 0 aliphatic heterocycles. The molecular weight excluding hydrogens is 344 g/mol. The fourth-order valence-electron chi connectivity index (χ4n) is 3.98. The van der Waals surface area contributed by atoms with Crippen LogP contribution >= 0.6 is 0 Å². The van der Waals surface area contributed by atoms with Crippen molar-refractivity contribution in [3.63, 3.8) is 0 Å². The van der Waals surface area contributed by atoms with Gasteiger partial charge in [-0.2, -0.15) is 0 Å². The molecule has 0 aliphatic rings. The lowest BCUT2D eigenvalue weighted by Gasteiger charge is -2.33. The first-order valence-electron chi connectivity index (χ1n) is 9.71. The minimum Gasteiger partial charge on any atom is -0.507 e. The fraction of sp³-hybridized carbons (Fsp3) is 0.280. The number of benzene rings is 3. The van der Waals surface area contributed by atoms with E-state index >= 15 is 0 Å². The average Bonchev–Trinajstić information content (AvgIpc) is 2.67. The molecule has 0 heterocycles. The molecule has 0 bridgehead atoms. The molecule has 28 heavy (non-hydrogen) atoms. The van der Waals surface area contributed by atoms with Crippen molar-refractivity contribution in [3.8, 4) is 5.75 Å². The molecule has 3 nitrogen and oxygen atoms in total. The Kier molecular flexibility index (Phi) is 5.37. The predicted molar refractivity (Wildman–Crippen MR) is 120 cm³/mol. The van der Waals surface area contributed by atoms with E-state index in [-0.39, 0.29) is 5.54 Å². The molecule has 3 aromatic rings. The van der Waals surface area contributed by atoms with Crippen LogP contribution in [0.25, 0.3) is 0 Å². The van der Waals surface area contributed by atoms with Gasteiger partial charge in [0.15, 0.2) is 0 Å². The highest BCUT2D eigenvalue weighted by Gasteiger charge is 2.27. The van der Waals surface area contributed by atoms with Gasteiger partial charge in [0.05, 0.1) is 5.54 Å². The monoisotopic (exact) mass is 374 g/mol. The lowest BCUT2D eigenvalue weighted by Crippen LogP contribution is -2.30. The second kappa shape index (κ2) is 7.59. The van der Waals surface area contributed by atoms with Gasteiger partial charge in [-0.3, -0.25) is 0 Å². The van der Waals surface area contributed by atoms with Gasteiger partial charge in [-0.1, -0.05) is 18.2 Å².